The standard InChI is InChI=1S/C19H28O2/c1-3-4-5-6-7-8-9-10-11-12-13-14-15-18-16-17(2)21-19(18)20/h3-5,14-17H,1,6-13H2,2H3/b5-4+,15-14+. The molecule has 0 aromatic heterocycles. The summed E-state index contributed by atoms with van der Waals surface area (Å²) in [7, 11) is 0. The highest BCUT2D eigenvalue weighted by molar-refractivity contribution is 5.93. The Bertz CT molecular complexity index is 402. The molecule has 1 rings (SSSR count). The monoisotopic (exact) mass is 288 g/mol. The van der Waals surface area contributed by atoms with Gasteiger partial charge in [0, 0.05) is 0 Å². The zero-order valence-electron chi connectivity index (χ0n) is 13.2. The maximum Gasteiger partial charge on any atom is 0.338 e. The van der Waals surface area contributed by atoms with Crippen molar-refractivity contribution in [2.24, 2.45) is 0 Å². The Morgan fingerprint density at radius 2 is 1.71 bits per heavy atom. The molecule has 0 saturated heterocycles. The number of rotatable bonds is 11. The molecule has 1 heterocycles. The highest BCUT2D eigenvalue weighted by Gasteiger charge is 2.19. The molecule has 0 spiro atoms. The summed E-state index contributed by atoms with van der Waals surface area (Å²) in [5.41, 5.74) is 0.704. The first-order chi connectivity index (χ1) is 10.2. The van der Waals surface area contributed by atoms with Crippen LogP contribution in [-0.4, -0.2) is 12.1 Å². The SMILES string of the molecule is C=C/C=C/CCCCCCCC/C=C/C1=CC(C)OC1=O. The summed E-state index contributed by atoms with van der Waals surface area (Å²) in [4.78, 5) is 11.4. The summed E-state index contributed by atoms with van der Waals surface area (Å²) >= 11 is 0. The molecule has 0 saturated carbocycles. The van der Waals surface area contributed by atoms with E-state index in [0.717, 1.165) is 6.42 Å². The molecule has 0 aromatic rings. The predicted octanol–water partition coefficient (Wildman–Crippen LogP) is 5.28. The lowest BCUT2D eigenvalue weighted by molar-refractivity contribution is -0.138. The van der Waals surface area contributed by atoms with Gasteiger partial charge in [-0.1, -0.05) is 62.6 Å². The Labute approximate surface area is 129 Å². The smallest absolute Gasteiger partial charge is 0.338 e. The molecule has 0 amide bonds. The van der Waals surface area contributed by atoms with Gasteiger partial charge in [0.2, 0.25) is 0 Å². The van der Waals surface area contributed by atoms with Crippen molar-refractivity contribution in [3.8, 4) is 0 Å². The molecule has 0 bridgehead atoms. The first kappa shape index (κ1) is 17.5. The second kappa shape index (κ2) is 11.1. The fraction of sp³-hybridized carbons (Fsp3) is 0.526. The second-order valence-corrected chi connectivity index (χ2v) is 5.50. The van der Waals surface area contributed by atoms with Gasteiger partial charge in [-0.3, -0.25) is 0 Å². The number of allylic oxidation sites excluding steroid dienone is 4. The molecule has 0 aliphatic carbocycles. The Morgan fingerprint density at radius 3 is 2.29 bits per heavy atom. The van der Waals surface area contributed by atoms with E-state index < -0.39 is 0 Å². The van der Waals surface area contributed by atoms with Crippen LogP contribution in [0.5, 0.6) is 0 Å². The van der Waals surface area contributed by atoms with E-state index in [1.807, 2.05) is 31.2 Å². The van der Waals surface area contributed by atoms with Crippen LogP contribution in [0, 0.1) is 0 Å². The van der Waals surface area contributed by atoms with E-state index in [2.05, 4.69) is 18.7 Å². The predicted molar refractivity (Wildman–Crippen MR) is 89.1 cm³/mol. The first-order valence-electron chi connectivity index (χ1n) is 8.11. The lowest BCUT2D eigenvalue weighted by Gasteiger charge is -1.99. The van der Waals surface area contributed by atoms with Crippen LogP contribution in [0.2, 0.25) is 0 Å². The number of cyclic esters (lactones) is 1. The van der Waals surface area contributed by atoms with Gasteiger partial charge in [0.05, 0.1) is 5.57 Å². The number of esters is 1. The first-order valence-corrected chi connectivity index (χ1v) is 8.11. The minimum absolute atomic E-state index is 0.0709. The largest absolute Gasteiger partial charge is 0.455 e. The molecule has 1 atom stereocenters. The van der Waals surface area contributed by atoms with Crippen LogP contribution in [0.3, 0.4) is 0 Å². The van der Waals surface area contributed by atoms with Gasteiger partial charge in [0.15, 0.2) is 0 Å². The number of unbranched alkanes of at least 4 members (excludes halogenated alkanes) is 7. The second-order valence-electron chi connectivity index (χ2n) is 5.50. The molecular formula is C19H28O2. The van der Waals surface area contributed by atoms with Crippen LogP contribution < -0.4 is 0 Å². The quantitative estimate of drug-likeness (QED) is 0.294. The lowest BCUT2D eigenvalue weighted by atomic mass is 10.1. The Balaban J connectivity index is 1.93. The molecular weight excluding hydrogens is 260 g/mol. The summed E-state index contributed by atoms with van der Waals surface area (Å²) < 4.78 is 5.04. The van der Waals surface area contributed by atoms with Crippen molar-refractivity contribution >= 4 is 5.97 Å². The third kappa shape index (κ3) is 8.34. The lowest BCUT2D eigenvalue weighted by Crippen LogP contribution is -2.02. The van der Waals surface area contributed by atoms with Crippen molar-refractivity contribution in [3.05, 3.63) is 48.6 Å². The third-order valence-electron chi connectivity index (χ3n) is 3.50. The van der Waals surface area contributed by atoms with Crippen molar-refractivity contribution in [2.75, 3.05) is 0 Å². The zero-order valence-corrected chi connectivity index (χ0v) is 13.2. The highest BCUT2D eigenvalue weighted by Crippen LogP contribution is 2.15. The van der Waals surface area contributed by atoms with Crippen LogP contribution in [-0.2, 0) is 9.53 Å². The Hall–Kier alpha value is -1.57. The van der Waals surface area contributed by atoms with Crippen LogP contribution in [0.25, 0.3) is 0 Å². The number of hydrogen-bond acceptors (Lipinski definition) is 2. The van der Waals surface area contributed by atoms with Crippen LogP contribution in [0.4, 0.5) is 0 Å². The molecule has 0 N–H and O–H groups in total. The van der Waals surface area contributed by atoms with Gasteiger partial charge in [0.1, 0.15) is 6.10 Å². The van der Waals surface area contributed by atoms with Crippen LogP contribution in [0.15, 0.2) is 48.6 Å². The van der Waals surface area contributed by atoms with Crippen molar-refractivity contribution in [1.29, 1.82) is 0 Å². The topological polar surface area (TPSA) is 26.3 Å². The fourth-order valence-corrected chi connectivity index (χ4v) is 2.35. The average Bonchev–Trinajstić information content (AvgIpc) is 2.78. The number of carbonyl (C=O) groups is 1. The summed E-state index contributed by atoms with van der Waals surface area (Å²) in [6.45, 7) is 5.54. The number of ether oxygens (including phenoxy) is 1. The normalized spacial score (nSPS) is 18.4. The summed E-state index contributed by atoms with van der Waals surface area (Å²) in [6, 6.07) is 0. The van der Waals surface area contributed by atoms with Gasteiger partial charge in [0.25, 0.3) is 0 Å². The molecule has 0 fully saturated rings. The van der Waals surface area contributed by atoms with Crippen molar-refractivity contribution in [2.45, 2.75) is 64.4 Å². The van der Waals surface area contributed by atoms with Gasteiger partial charge < -0.3 is 4.74 Å². The molecule has 116 valence electrons. The maximum atomic E-state index is 11.4. The Morgan fingerprint density at radius 1 is 1.10 bits per heavy atom. The molecule has 0 aromatic carbocycles. The highest BCUT2D eigenvalue weighted by atomic mass is 16.5. The zero-order chi connectivity index (χ0) is 15.3. The molecule has 2 nitrogen and oxygen atoms in total. The van der Waals surface area contributed by atoms with E-state index in [1.54, 1.807) is 0 Å². The van der Waals surface area contributed by atoms with Gasteiger partial charge in [-0.2, -0.15) is 0 Å². The Kier molecular flexibility index (Phi) is 9.26. The van der Waals surface area contributed by atoms with E-state index in [4.69, 9.17) is 4.74 Å². The minimum atomic E-state index is -0.191. The van der Waals surface area contributed by atoms with E-state index in [-0.39, 0.29) is 12.1 Å². The molecule has 2 heteroatoms. The van der Waals surface area contributed by atoms with Gasteiger partial charge in [-0.25, -0.2) is 4.79 Å². The summed E-state index contributed by atoms with van der Waals surface area (Å²) in [5, 5.41) is 0. The third-order valence-corrected chi connectivity index (χ3v) is 3.50. The number of hydrogen-bond donors (Lipinski definition) is 0. The molecule has 21 heavy (non-hydrogen) atoms. The molecule has 1 aliphatic heterocycles. The fourth-order valence-electron chi connectivity index (χ4n) is 2.35. The molecule has 1 aliphatic rings. The summed E-state index contributed by atoms with van der Waals surface area (Å²) in [6.07, 6.45) is 21.7. The summed E-state index contributed by atoms with van der Waals surface area (Å²) in [5.74, 6) is -0.191. The van der Waals surface area contributed by atoms with Crippen molar-refractivity contribution in [1.82, 2.24) is 0 Å². The van der Waals surface area contributed by atoms with E-state index in [1.165, 1.54) is 44.9 Å². The number of carbonyl (C=O) groups excluding carboxylic acids is 1. The minimum Gasteiger partial charge on any atom is -0.455 e. The van der Waals surface area contributed by atoms with Gasteiger partial charge in [-0.05, 0) is 38.7 Å². The van der Waals surface area contributed by atoms with E-state index in [9.17, 15) is 4.79 Å². The molecule has 1 unspecified atom stereocenters. The van der Waals surface area contributed by atoms with Crippen LogP contribution in [0.1, 0.15) is 58.3 Å². The van der Waals surface area contributed by atoms with Crippen molar-refractivity contribution < 1.29 is 9.53 Å². The van der Waals surface area contributed by atoms with E-state index in [0.29, 0.717) is 5.57 Å². The van der Waals surface area contributed by atoms with E-state index >= 15 is 0 Å². The van der Waals surface area contributed by atoms with Gasteiger partial charge >= 0.3 is 5.97 Å². The van der Waals surface area contributed by atoms with Crippen molar-refractivity contribution in [3.63, 3.8) is 0 Å². The molecule has 0 radical (unpaired) electrons. The van der Waals surface area contributed by atoms with Crippen LogP contribution >= 0.6 is 0 Å². The van der Waals surface area contributed by atoms with Gasteiger partial charge in [-0.15, -0.1) is 0 Å². The average molecular weight is 288 g/mol. The maximum absolute atomic E-state index is 11.4.